The fraction of sp³-hybridized carbons (Fsp3) is 0.250. The third kappa shape index (κ3) is 3.31. The summed E-state index contributed by atoms with van der Waals surface area (Å²) in [5.41, 5.74) is 6.68. The SMILES string of the molecule is CC(Nc1snc(N)c1S(C)(=O)=O)c1ccc(Br)cc1. The Kier molecular flexibility index (Phi) is 4.36. The number of hydrogen-bond donors (Lipinski definition) is 2. The Balaban J connectivity index is 2.29. The number of nitrogens with zero attached hydrogens (tertiary/aromatic N) is 1. The number of aromatic nitrogens is 1. The van der Waals surface area contributed by atoms with Crippen LogP contribution in [-0.2, 0) is 9.84 Å². The lowest BCUT2D eigenvalue weighted by Crippen LogP contribution is -2.09. The molecule has 0 radical (unpaired) electrons. The molecule has 0 saturated heterocycles. The second-order valence-corrected chi connectivity index (χ2v) is 8.06. The molecule has 2 aromatic rings. The van der Waals surface area contributed by atoms with Crippen LogP contribution in [0, 0.1) is 0 Å². The molecule has 5 nitrogen and oxygen atoms in total. The lowest BCUT2D eigenvalue weighted by atomic mass is 10.1. The highest BCUT2D eigenvalue weighted by Crippen LogP contribution is 2.34. The van der Waals surface area contributed by atoms with Gasteiger partial charge in [0.25, 0.3) is 0 Å². The molecule has 0 saturated carbocycles. The molecule has 0 aliphatic carbocycles. The zero-order chi connectivity index (χ0) is 14.9. The molecule has 2 rings (SSSR count). The summed E-state index contributed by atoms with van der Waals surface area (Å²) in [5.74, 6) is 0.0445. The van der Waals surface area contributed by atoms with Crippen molar-refractivity contribution < 1.29 is 8.42 Å². The lowest BCUT2D eigenvalue weighted by Gasteiger charge is -2.15. The molecular weight excluding hydrogens is 362 g/mol. The van der Waals surface area contributed by atoms with Gasteiger partial charge in [0.15, 0.2) is 15.7 Å². The van der Waals surface area contributed by atoms with E-state index in [1.807, 2.05) is 31.2 Å². The Morgan fingerprint density at radius 3 is 2.50 bits per heavy atom. The Bertz CT molecular complexity index is 711. The molecule has 1 aromatic heterocycles. The average Bonchev–Trinajstić information content (AvgIpc) is 2.70. The first kappa shape index (κ1) is 15.3. The number of sulfone groups is 1. The van der Waals surface area contributed by atoms with Crippen LogP contribution in [-0.4, -0.2) is 19.0 Å². The molecule has 1 aromatic carbocycles. The van der Waals surface area contributed by atoms with Crippen molar-refractivity contribution in [3.05, 3.63) is 34.3 Å². The minimum absolute atomic E-state index is 0.0445. The van der Waals surface area contributed by atoms with E-state index in [2.05, 4.69) is 25.6 Å². The van der Waals surface area contributed by atoms with Crippen molar-refractivity contribution in [3.63, 3.8) is 0 Å². The highest BCUT2D eigenvalue weighted by molar-refractivity contribution is 9.10. The zero-order valence-electron chi connectivity index (χ0n) is 10.9. The van der Waals surface area contributed by atoms with Gasteiger partial charge in [-0.3, -0.25) is 0 Å². The molecule has 0 aliphatic heterocycles. The van der Waals surface area contributed by atoms with E-state index < -0.39 is 9.84 Å². The van der Waals surface area contributed by atoms with Gasteiger partial charge >= 0.3 is 0 Å². The number of anilines is 2. The summed E-state index contributed by atoms with van der Waals surface area (Å²) in [7, 11) is -3.40. The minimum Gasteiger partial charge on any atom is -0.382 e. The van der Waals surface area contributed by atoms with Gasteiger partial charge in [0, 0.05) is 16.8 Å². The first-order valence-corrected chi connectivity index (χ1v) is 9.22. The third-order valence-corrected chi connectivity index (χ3v) is 5.37. The standard InChI is InChI=1S/C12H14BrN3O2S2/c1-7(8-3-5-9(13)6-4-8)15-12-10(20(2,17)18)11(14)16-19-12/h3-7,15H,1-2H3,(H2,14,16). The number of rotatable bonds is 4. The van der Waals surface area contributed by atoms with Crippen molar-refractivity contribution in [2.24, 2.45) is 0 Å². The molecular formula is C12H14BrN3O2S2. The van der Waals surface area contributed by atoms with E-state index in [9.17, 15) is 8.42 Å². The molecule has 108 valence electrons. The van der Waals surface area contributed by atoms with E-state index in [4.69, 9.17) is 5.73 Å². The fourth-order valence-corrected chi connectivity index (χ4v) is 4.18. The first-order valence-electron chi connectivity index (χ1n) is 5.76. The van der Waals surface area contributed by atoms with Crippen molar-refractivity contribution in [2.75, 3.05) is 17.3 Å². The van der Waals surface area contributed by atoms with Crippen LogP contribution in [0.1, 0.15) is 18.5 Å². The highest BCUT2D eigenvalue weighted by Gasteiger charge is 2.22. The Morgan fingerprint density at radius 1 is 1.35 bits per heavy atom. The molecule has 0 aliphatic rings. The Labute approximate surface area is 130 Å². The van der Waals surface area contributed by atoms with Gasteiger partial charge in [0.1, 0.15) is 9.90 Å². The second-order valence-electron chi connectivity index (χ2n) is 4.42. The van der Waals surface area contributed by atoms with E-state index >= 15 is 0 Å². The summed E-state index contributed by atoms with van der Waals surface area (Å²) in [6.45, 7) is 1.95. The van der Waals surface area contributed by atoms with E-state index in [0.717, 1.165) is 27.8 Å². The summed E-state index contributed by atoms with van der Waals surface area (Å²) in [6.07, 6.45) is 1.13. The predicted octanol–water partition coefficient (Wildman–Crippen LogP) is 3.06. The molecule has 0 spiro atoms. The molecule has 8 heteroatoms. The highest BCUT2D eigenvalue weighted by atomic mass is 79.9. The molecule has 1 unspecified atom stereocenters. The number of halogens is 1. The Morgan fingerprint density at radius 2 is 1.95 bits per heavy atom. The predicted molar refractivity (Wildman–Crippen MR) is 85.8 cm³/mol. The summed E-state index contributed by atoms with van der Waals surface area (Å²) in [4.78, 5) is 0.0754. The van der Waals surface area contributed by atoms with Crippen LogP contribution in [0.4, 0.5) is 10.8 Å². The minimum atomic E-state index is -3.40. The monoisotopic (exact) mass is 375 g/mol. The summed E-state index contributed by atoms with van der Waals surface area (Å²) in [5, 5.41) is 3.63. The number of nitrogens with two attached hydrogens (primary N) is 1. The summed E-state index contributed by atoms with van der Waals surface area (Å²) >= 11 is 4.43. The molecule has 3 N–H and O–H groups in total. The quantitative estimate of drug-likeness (QED) is 0.857. The fourth-order valence-electron chi connectivity index (χ4n) is 1.78. The van der Waals surface area contributed by atoms with Crippen molar-refractivity contribution in [1.82, 2.24) is 4.37 Å². The molecule has 0 bridgehead atoms. The number of nitrogen functional groups attached to an aromatic ring is 1. The smallest absolute Gasteiger partial charge is 0.182 e. The van der Waals surface area contributed by atoms with E-state index in [1.54, 1.807) is 0 Å². The van der Waals surface area contributed by atoms with Crippen LogP contribution in [0.25, 0.3) is 0 Å². The van der Waals surface area contributed by atoms with E-state index in [1.165, 1.54) is 0 Å². The van der Waals surface area contributed by atoms with Gasteiger partial charge < -0.3 is 11.1 Å². The molecule has 0 fully saturated rings. The second kappa shape index (κ2) is 5.71. The van der Waals surface area contributed by atoms with Gasteiger partial charge in [-0.1, -0.05) is 28.1 Å². The number of nitrogens with one attached hydrogen (secondary N) is 1. The van der Waals surface area contributed by atoms with Crippen LogP contribution in [0.5, 0.6) is 0 Å². The van der Waals surface area contributed by atoms with Crippen molar-refractivity contribution in [2.45, 2.75) is 17.9 Å². The van der Waals surface area contributed by atoms with Crippen LogP contribution in [0.3, 0.4) is 0 Å². The van der Waals surface area contributed by atoms with Gasteiger partial charge in [0.2, 0.25) is 0 Å². The van der Waals surface area contributed by atoms with Gasteiger partial charge in [-0.25, -0.2) is 8.42 Å². The number of hydrogen-bond acceptors (Lipinski definition) is 6. The van der Waals surface area contributed by atoms with Crippen molar-refractivity contribution in [3.8, 4) is 0 Å². The van der Waals surface area contributed by atoms with Gasteiger partial charge in [0.05, 0.1) is 0 Å². The first-order chi connectivity index (χ1) is 9.29. The van der Waals surface area contributed by atoms with Crippen molar-refractivity contribution in [1.29, 1.82) is 0 Å². The van der Waals surface area contributed by atoms with Crippen LogP contribution >= 0.6 is 27.5 Å². The van der Waals surface area contributed by atoms with Gasteiger partial charge in [-0.05, 0) is 36.2 Å². The lowest BCUT2D eigenvalue weighted by molar-refractivity contribution is 0.602. The van der Waals surface area contributed by atoms with E-state index in [0.29, 0.717) is 5.00 Å². The van der Waals surface area contributed by atoms with Gasteiger partial charge in [-0.2, -0.15) is 4.37 Å². The maximum atomic E-state index is 11.7. The largest absolute Gasteiger partial charge is 0.382 e. The topological polar surface area (TPSA) is 85.1 Å². The maximum absolute atomic E-state index is 11.7. The maximum Gasteiger partial charge on any atom is 0.182 e. The third-order valence-electron chi connectivity index (χ3n) is 2.76. The van der Waals surface area contributed by atoms with Crippen LogP contribution in [0.15, 0.2) is 33.6 Å². The number of benzene rings is 1. The zero-order valence-corrected chi connectivity index (χ0v) is 14.1. The summed E-state index contributed by atoms with van der Waals surface area (Å²) in [6, 6.07) is 7.75. The van der Waals surface area contributed by atoms with Crippen LogP contribution in [0.2, 0.25) is 0 Å². The average molecular weight is 376 g/mol. The molecule has 20 heavy (non-hydrogen) atoms. The normalized spacial score (nSPS) is 13.2. The molecule has 1 atom stereocenters. The van der Waals surface area contributed by atoms with Gasteiger partial charge in [-0.15, -0.1) is 0 Å². The molecule has 1 heterocycles. The van der Waals surface area contributed by atoms with Crippen LogP contribution < -0.4 is 11.1 Å². The van der Waals surface area contributed by atoms with E-state index in [-0.39, 0.29) is 16.8 Å². The van der Waals surface area contributed by atoms with Crippen molar-refractivity contribution >= 4 is 48.1 Å². The summed E-state index contributed by atoms with van der Waals surface area (Å²) < 4.78 is 28.4. The molecule has 0 amide bonds. The Hall–Kier alpha value is -1.12.